The van der Waals surface area contributed by atoms with Gasteiger partial charge in [-0.1, -0.05) is 24.8 Å². The Kier molecular flexibility index (Phi) is 6.76. The molecule has 2 aliphatic rings. The SMILES string of the molecule is C=C1CN(S(=O)(=O)N(C)C)Cc2[nH]c(-c3ccnc(C(=N)CC(=O)[C@@H]4C[C@@H]4F)c3)c(Nc3ccccc3)c21. The predicted molar refractivity (Wildman–Crippen MR) is 145 cm³/mol. The molecule has 0 radical (unpaired) electrons. The number of ketones is 1. The Labute approximate surface area is 221 Å². The van der Waals surface area contributed by atoms with E-state index in [2.05, 4.69) is 21.9 Å². The Balaban J connectivity index is 1.54. The summed E-state index contributed by atoms with van der Waals surface area (Å²) in [5.41, 5.74) is 5.42. The zero-order valence-electron chi connectivity index (χ0n) is 21.2. The van der Waals surface area contributed by atoms with Crippen molar-refractivity contribution in [3.8, 4) is 11.3 Å². The first kappa shape index (κ1) is 26.0. The lowest BCUT2D eigenvalue weighted by molar-refractivity contribution is -0.119. The largest absolute Gasteiger partial charge is 0.355 e. The quantitative estimate of drug-likeness (QED) is 0.355. The smallest absolute Gasteiger partial charge is 0.282 e. The number of alkyl halides is 1. The topological polar surface area (TPSA) is 122 Å². The van der Waals surface area contributed by atoms with Crippen LogP contribution in [0.25, 0.3) is 16.8 Å². The number of hydrogen-bond donors (Lipinski definition) is 3. The number of carbonyl (C=O) groups excluding carboxylic acids is 1. The highest BCUT2D eigenvalue weighted by Crippen LogP contribution is 2.42. The van der Waals surface area contributed by atoms with E-state index < -0.39 is 22.3 Å². The second-order valence-electron chi connectivity index (χ2n) is 9.79. The minimum Gasteiger partial charge on any atom is -0.355 e. The van der Waals surface area contributed by atoms with Crippen LogP contribution in [-0.4, -0.2) is 65.3 Å². The minimum absolute atomic E-state index is 0.0255. The Bertz CT molecular complexity index is 1530. The molecule has 0 bridgehead atoms. The number of nitrogens with zero attached hydrogens (tertiary/aromatic N) is 3. The molecule has 1 aliphatic heterocycles. The van der Waals surface area contributed by atoms with Crippen molar-refractivity contribution in [1.29, 1.82) is 5.41 Å². The summed E-state index contributed by atoms with van der Waals surface area (Å²) < 4.78 is 41.6. The van der Waals surface area contributed by atoms with Crippen molar-refractivity contribution >= 4 is 38.7 Å². The van der Waals surface area contributed by atoms with Gasteiger partial charge in [-0.3, -0.25) is 9.78 Å². The number of carbonyl (C=O) groups is 1. The van der Waals surface area contributed by atoms with Crippen LogP contribution in [0, 0.1) is 11.3 Å². The highest BCUT2D eigenvalue weighted by molar-refractivity contribution is 7.86. The highest BCUT2D eigenvalue weighted by Gasteiger charge is 2.43. The van der Waals surface area contributed by atoms with E-state index in [1.807, 2.05) is 30.3 Å². The summed E-state index contributed by atoms with van der Waals surface area (Å²) in [7, 11) is -0.687. The molecule has 0 amide bonds. The summed E-state index contributed by atoms with van der Waals surface area (Å²) in [6, 6.07) is 13.1. The zero-order chi connectivity index (χ0) is 27.2. The molecule has 9 nitrogen and oxygen atoms in total. The zero-order valence-corrected chi connectivity index (χ0v) is 22.0. The third-order valence-corrected chi connectivity index (χ3v) is 8.63. The summed E-state index contributed by atoms with van der Waals surface area (Å²) in [4.78, 5) is 19.9. The molecule has 3 aromatic rings. The molecule has 2 atom stereocenters. The van der Waals surface area contributed by atoms with Crippen LogP contribution in [0.15, 0.2) is 55.2 Å². The number of hydrogen-bond acceptors (Lipinski definition) is 6. The fourth-order valence-electron chi connectivity index (χ4n) is 4.63. The molecule has 0 unspecified atom stereocenters. The van der Waals surface area contributed by atoms with Crippen molar-refractivity contribution in [3.63, 3.8) is 0 Å². The lowest BCUT2D eigenvalue weighted by Crippen LogP contribution is -2.42. The first-order valence-electron chi connectivity index (χ1n) is 12.2. The van der Waals surface area contributed by atoms with Gasteiger partial charge in [0, 0.05) is 49.3 Å². The molecule has 5 rings (SSSR count). The van der Waals surface area contributed by atoms with Gasteiger partial charge in [-0.25, -0.2) is 4.39 Å². The molecule has 1 saturated carbocycles. The van der Waals surface area contributed by atoms with E-state index in [9.17, 15) is 17.6 Å². The van der Waals surface area contributed by atoms with Gasteiger partial charge >= 0.3 is 0 Å². The summed E-state index contributed by atoms with van der Waals surface area (Å²) in [6.07, 6.45) is 0.511. The van der Waals surface area contributed by atoms with Gasteiger partial charge in [0.25, 0.3) is 10.2 Å². The van der Waals surface area contributed by atoms with Crippen molar-refractivity contribution in [2.45, 2.75) is 25.6 Å². The van der Waals surface area contributed by atoms with E-state index in [1.165, 1.54) is 22.7 Å². The molecular formula is C27H29FN6O3S. The van der Waals surface area contributed by atoms with Gasteiger partial charge in [0.05, 0.1) is 41.7 Å². The molecule has 1 aliphatic carbocycles. The van der Waals surface area contributed by atoms with Gasteiger partial charge in [-0.2, -0.15) is 17.0 Å². The maximum Gasteiger partial charge on any atom is 0.282 e. The van der Waals surface area contributed by atoms with Gasteiger partial charge < -0.3 is 15.7 Å². The van der Waals surface area contributed by atoms with Crippen LogP contribution in [0.4, 0.5) is 15.8 Å². The number of pyridine rings is 1. The third-order valence-electron chi connectivity index (χ3n) is 6.80. The second kappa shape index (κ2) is 9.90. The van der Waals surface area contributed by atoms with Crippen LogP contribution in [0.1, 0.15) is 29.8 Å². The number of Topliss-reactive ketones (excluding diaryl/α,β-unsaturated/α-hetero) is 1. The molecule has 38 heavy (non-hydrogen) atoms. The molecule has 0 saturated heterocycles. The number of aromatic nitrogens is 2. The molecule has 0 spiro atoms. The molecule has 2 aromatic heterocycles. The number of fused-ring (bicyclic) bond motifs is 1. The van der Waals surface area contributed by atoms with Gasteiger partial charge in [-0.15, -0.1) is 0 Å². The average molecular weight is 537 g/mol. The third kappa shape index (κ3) is 4.92. The number of anilines is 2. The summed E-state index contributed by atoms with van der Waals surface area (Å²) in [5, 5.41) is 11.9. The molecule has 3 heterocycles. The lowest BCUT2D eigenvalue weighted by Gasteiger charge is -2.30. The molecule has 1 aromatic carbocycles. The van der Waals surface area contributed by atoms with E-state index in [0.29, 0.717) is 28.2 Å². The molecular weight excluding hydrogens is 507 g/mol. The van der Waals surface area contributed by atoms with Crippen LogP contribution in [0.3, 0.4) is 0 Å². The van der Waals surface area contributed by atoms with E-state index in [4.69, 9.17) is 5.41 Å². The van der Waals surface area contributed by atoms with Gasteiger partial charge in [0.1, 0.15) is 12.0 Å². The van der Waals surface area contributed by atoms with Crippen molar-refractivity contribution in [1.82, 2.24) is 18.6 Å². The Hall–Kier alpha value is -3.67. The second-order valence-corrected chi connectivity index (χ2v) is 11.9. The van der Waals surface area contributed by atoms with Crippen molar-refractivity contribution < 1.29 is 17.6 Å². The van der Waals surface area contributed by atoms with Gasteiger partial charge in [0.15, 0.2) is 0 Å². The molecule has 3 N–H and O–H groups in total. The Morgan fingerprint density at radius 3 is 2.63 bits per heavy atom. The average Bonchev–Trinajstić information content (AvgIpc) is 3.52. The van der Waals surface area contributed by atoms with E-state index >= 15 is 0 Å². The lowest BCUT2D eigenvalue weighted by atomic mass is 10.00. The van der Waals surface area contributed by atoms with Crippen molar-refractivity contribution in [3.05, 3.63) is 72.2 Å². The van der Waals surface area contributed by atoms with Crippen LogP contribution in [0.2, 0.25) is 0 Å². The number of nitrogens with one attached hydrogen (secondary N) is 3. The van der Waals surface area contributed by atoms with E-state index in [0.717, 1.165) is 16.9 Å². The number of aromatic amines is 1. The predicted octanol–water partition coefficient (Wildman–Crippen LogP) is 4.14. The molecule has 1 fully saturated rings. The van der Waals surface area contributed by atoms with Crippen LogP contribution < -0.4 is 5.32 Å². The molecule has 198 valence electrons. The fraction of sp³-hybridized carbons (Fsp3) is 0.296. The van der Waals surface area contributed by atoms with Gasteiger partial charge in [-0.05, 0) is 36.3 Å². The van der Waals surface area contributed by atoms with Crippen molar-refractivity contribution in [2.24, 2.45) is 5.92 Å². The Morgan fingerprint density at radius 2 is 1.97 bits per heavy atom. The first-order valence-corrected chi connectivity index (χ1v) is 13.6. The van der Waals surface area contributed by atoms with Crippen LogP contribution >= 0.6 is 0 Å². The minimum atomic E-state index is -3.67. The van der Waals surface area contributed by atoms with E-state index in [1.54, 1.807) is 18.3 Å². The standard InChI is InChI=1S/C27H29FN6O3S/c1-16-14-34(38(36,37)33(2)3)15-23-25(16)27(31-18-7-5-4-6-8-18)26(32-23)17-9-10-30-22(11-17)21(29)13-24(35)19-12-20(19)28/h4-11,19-20,29,31-32H,1,12-15H2,2-3H3/t19-,20+/m1/s1. The maximum absolute atomic E-state index is 13.3. The highest BCUT2D eigenvalue weighted by atomic mass is 32.2. The summed E-state index contributed by atoms with van der Waals surface area (Å²) in [5.74, 6) is -0.891. The number of benzene rings is 1. The van der Waals surface area contributed by atoms with Gasteiger partial charge in [0.2, 0.25) is 0 Å². The fourth-order valence-corrected chi connectivity index (χ4v) is 5.70. The number of rotatable bonds is 9. The summed E-state index contributed by atoms with van der Waals surface area (Å²) in [6.45, 7) is 4.47. The number of H-pyrrole nitrogens is 1. The van der Waals surface area contributed by atoms with Crippen LogP contribution in [0.5, 0.6) is 0 Å². The number of halogens is 1. The first-order chi connectivity index (χ1) is 18.1. The van der Waals surface area contributed by atoms with E-state index in [-0.39, 0.29) is 37.4 Å². The summed E-state index contributed by atoms with van der Waals surface area (Å²) >= 11 is 0. The normalized spacial score (nSPS) is 19.3. The maximum atomic E-state index is 13.3. The molecule has 11 heteroatoms. The monoisotopic (exact) mass is 536 g/mol. The van der Waals surface area contributed by atoms with Crippen LogP contribution in [-0.2, 0) is 21.5 Å². The number of para-hydroxylation sites is 1. The Morgan fingerprint density at radius 1 is 1.26 bits per heavy atom. The van der Waals surface area contributed by atoms with Crippen molar-refractivity contribution in [2.75, 3.05) is 26.0 Å².